The first-order valence-corrected chi connectivity index (χ1v) is 9.32. The lowest BCUT2D eigenvalue weighted by molar-refractivity contribution is 0.112. The van der Waals surface area contributed by atoms with Crippen LogP contribution in [0.25, 0.3) is 0 Å². The lowest BCUT2D eigenvalue weighted by Gasteiger charge is -2.33. The van der Waals surface area contributed by atoms with Crippen LogP contribution in [-0.4, -0.2) is 46.1 Å². The molecule has 25 heavy (non-hydrogen) atoms. The lowest BCUT2D eigenvalue weighted by Crippen LogP contribution is -2.45. The summed E-state index contributed by atoms with van der Waals surface area (Å²) in [6.45, 7) is 5.93. The van der Waals surface area contributed by atoms with E-state index in [0.717, 1.165) is 65.0 Å². The molecule has 6 nitrogen and oxygen atoms in total. The topological polar surface area (TPSA) is 71.4 Å². The van der Waals surface area contributed by atoms with Crippen LogP contribution in [0.15, 0.2) is 34.9 Å². The van der Waals surface area contributed by atoms with Crippen LogP contribution >= 0.6 is 0 Å². The molecule has 1 saturated carbocycles. The zero-order chi connectivity index (χ0) is 17.1. The largest absolute Gasteiger partial charge is 0.338 e. The van der Waals surface area contributed by atoms with Crippen LogP contribution in [0.3, 0.4) is 0 Å². The predicted molar refractivity (Wildman–Crippen MR) is 95.6 cm³/mol. The van der Waals surface area contributed by atoms with Crippen LogP contribution in [0.1, 0.15) is 43.0 Å². The SMILES string of the molecule is NC1(c2noc(CN3CCN(Cc4ccccc4)CC3)n2)CCCC1. The second-order valence-corrected chi connectivity index (χ2v) is 7.41. The van der Waals surface area contributed by atoms with Crippen molar-refractivity contribution in [3.63, 3.8) is 0 Å². The molecule has 1 aromatic heterocycles. The van der Waals surface area contributed by atoms with E-state index in [1.807, 2.05) is 0 Å². The molecule has 2 fully saturated rings. The summed E-state index contributed by atoms with van der Waals surface area (Å²) >= 11 is 0. The number of nitrogens with two attached hydrogens (primary N) is 1. The van der Waals surface area contributed by atoms with Gasteiger partial charge in [0.1, 0.15) is 0 Å². The molecule has 1 aromatic carbocycles. The van der Waals surface area contributed by atoms with E-state index < -0.39 is 0 Å². The Labute approximate surface area is 149 Å². The van der Waals surface area contributed by atoms with Crippen molar-refractivity contribution in [2.75, 3.05) is 26.2 Å². The predicted octanol–water partition coefficient (Wildman–Crippen LogP) is 2.12. The van der Waals surface area contributed by atoms with Crippen LogP contribution in [-0.2, 0) is 18.6 Å². The zero-order valence-corrected chi connectivity index (χ0v) is 14.7. The molecule has 1 aliphatic carbocycles. The molecule has 1 saturated heterocycles. The summed E-state index contributed by atoms with van der Waals surface area (Å²) < 4.78 is 5.47. The third-order valence-corrected chi connectivity index (χ3v) is 5.48. The van der Waals surface area contributed by atoms with E-state index in [-0.39, 0.29) is 5.54 Å². The third kappa shape index (κ3) is 3.92. The number of hydrogen-bond donors (Lipinski definition) is 1. The number of nitrogens with zero attached hydrogens (tertiary/aromatic N) is 4. The molecule has 4 rings (SSSR count). The van der Waals surface area contributed by atoms with Crippen molar-refractivity contribution < 1.29 is 4.52 Å². The first-order valence-electron chi connectivity index (χ1n) is 9.32. The molecule has 0 bridgehead atoms. The molecule has 2 aliphatic rings. The van der Waals surface area contributed by atoms with Crippen LogP contribution in [0.5, 0.6) is 0 Å². The Kier molecular flexibility index (Phi) is 4.83. The summed E-state index contributed by atoms with van der Waals surface area (Å²) in [7, 11) is 0. The average Bonchev–Trinajstić information content (AvgIpc) is 3.28. The Morgan fingerprint density at radius 1 is 0.960 bits per heavy atom. The van der Waals surface area contributed by atoms with Gasteiger partial charge in [0.2, 0.25) is 5.89 Å². The van der Waals surface area contributed by atoms with Crippen LogP contribution in [0.2, 0.25) is 0 Å². The molecule has 2 aromatic rings. The molecule has 2 heterocycles. The highest BCUT2D eigenvalue weighted by Gasteiger charge is 2.36. The number of benzene rings is 1. The maximum Gasteiger partial charge on any atom is 0.240 e. The van der Waals surface area contributed by atoms with Gasteiger partial charge in [0.15, 0.2) is 5.82 Å². The molecule has 6 heteroatoms. The van der Waals surface area contributed by atoms with Crippen molar-refractivity contribution in [3.8, 4) is 0 Å². The summed E-state index contributed by atoms with van der Waals surface area (Å²) in [4.78, 5) is 9.47. The van der Waals surface area contributed by atoms with E-state index in [1.165, 1.54) is 5.56 Å². The summed E-state index contributed by atoms with van der Waals surface area (Å²) in [5.74, 6) is 1.39. The highest BCUT2D eigenvalue weighted by molar-refractivity contribution is 5.14. The molecule has 2 N–H and O–H groups in total. The summed E-state index contributed by atoms with van der Waals surface area (Å²) in [5, 5.41) is 4.16. The number of aromatic nitrogens is 2. The Morgan fingerprint density at radius 2 is 1.60 bits per heavy atom. The van der Waals surface area contributed by atoms with E-state index in [4.69, 9.17) is 10.3 Å². The van der Waals surface area contributed by atoms with Gasteiger partial charge in [0, 0.05) is 32.7 Å². The van der Waals surface area contributed by atoms with Gasteiger partial charge in [-0.05, 0) is 18.4 Å². The smallest absolute Gasteiger partial charge is 0.240 e. The molecular formula is C19H27N5O. The van der Waals surface area contributed by atoms with Gasteiger partial charge in [0.05, 0.1) is 12.1 Å². The first-order chi connectivity index (χ1) is 12.2. The normalized spacial score (nSPS) is 21.6. The van der Waals surface area contributed by atoms with Crippen LogP contribution in [0, 0.1) is 0 Å². The fourth-order valence-corrected chi connectivity index (χ4v) is 3.89. The van der Waals surface area contributed by atoms with Crippen LogP contribution < -0.4 is 5.73 Å². The van der Waals surface area contributed by atoms with E-state index in [1.54, 1.807) is 0 Å². The van der Waals surface area contributed by atoms with Crippen molar-refractivity contribution in [3.05, 3.63) is 47.6 Å². The van der Waals surface area contributed by atoms with Crippen molar-refractivity contribution in [1.29, 1.82) is 0 Å². The molecule has 1 aliphatic heterocycles. The summed E-state index contributed by atoms with van der Waals surface area (Å²) in [6, 6.07) is 10.7. The van der Waals surface area contributed by atoms with E-state index >= 15 is 0 Å². The minimum absolute atomic E-state index is 0.365. The highest BCUT2D eigenvalue weighted by Crippen LogP contribution is 2.34. The Morgan fingerprint density at radius 3 is 2.28 bits per heavy atom. The van der Waals surface area contributed by atoms with Crippen LogP contribution in [0.4, 0.5) is 0 Å². The molecule has 0 atom stereocenters. The maximum absolute atomic E-state index is 6.41. The van der Waals surface area contributed by atoms with Gasteiger partial charge < -0.3 is 10.3 Å². The van der Waals surface area contributed by atoms with Gasteiger partial charge in [-0.25, -0.2) is 0 Å². The second-order valence-electron chi connectivity index (χ2n) is 7.41. The monoisotopic (exact) mass is 341 g/mol. The lowest BCUT2D eigenvalue weighted by atomic mass is 9.99. The molecular weight excluding hydrogens is 314 g/mol. The van der Waals surface area contributed by atoms with E-state index in [9.17, 15) is 0 Å². The zero-order valence-electron chi connectivity index (χ0n) is 14.7. The Balaban J connectivity index is 1.28. The van der Waals surface area contributed by atoms with Crippen molar-refractivity contribution in [2.45, 2.75) is 44.3 Å². The molecule has 0 radical (unpaired) electrons. The van der Waals surface area contributed by atoms with Crippen molar-refractivity contribution in [2.24, 2.45) is 5.73 Å². The van der Waals surface area contributed by atoms with Gasteiger partial charge in [-0.1, -0.05) is 48.3 Å². The standard InChI is InChI=1S/C19H27N5O/c20-19(8-4-5-9-19)18-21-17(25-22-18)15-24-12-10-23(11-13-24)14-16-6-2-1-3-7-16/h1-3,6-7H,4-5,8-15,20H2. The minimum Gasteiger partial charge on any atom is -0.338 e. The quantitative estimate of drug-likeness (QED) is 0.898. The minimum atomic E-state index is -0.365. The number of hydrogen-bond acceptors (Lipinski definition) is 6. The Hall–Kier alpha value is -1.76. The number of rotatable bonds is 5. The molecule has 0 unspecified atom stereocenters. The summed E-state index contributed by atoms with van der Waals surface area (Å²) in [5.41, 5.74) is 7.43. The summed E-state index contributed by atoms with van der Waals surface area (Å²) in [6.07, 6.45) is 4.24. The van der Waals surface area contributed by atoms with E-state index in [2.05, 4.69) is 50.3 Å². The second kappa shape index (κ2) is 7.23. The average molecular weight is 341 g/mol. The maximum atomic E-state index is 6.41. The third-order valence-electron chi connectivity index (χ3n) is 5.48. The Bertz CT molecular complexity index is 672. The van der Waals surface area contributed by atoms with Gasteiger partial charge in [-0.15, -0.1) is 0 Å². The fourth-order valence-electron chi connectivity index (χ4n) is 3.89. The fraction of sp³-hybridized carbons (Fsp3) is 0.579. The van der Waals surface area contributed by atoms with Crippen molar-refractivity contribution >= 4 is 0 Å². The van der Waals surface area contributed by atoms with Gasteiger partial charge in [0.25, 0.3) is 0 Å². The van der Waals surface area contributed by atoms with Gasteiger partial charge in [-0.2, -0.15) is 4.98 Å². The van der Waals surface area contributed by atoms with Crippen molar-refractivity contribution in [1.82, 2.24) is 19.9 Å². The van der Waals surface area contributed by atoms with Gasteiger partial charge >= 0.3 is 0 Å². The number of piperazine rings is 1. The molecule has 0 spiro atoms. The van der Waals surface area contributed by atoms with Gasteiger partial charge in [-0.3, -0.25) is 9.80 Å². The highest BCUT2D eigenvalue weighted by atomic mass is 16.5. The molecule has 0 amide bonds. The first kappa shape index (κ1) is 16.7. The molecule has 134 valence electrons. The van der Waals surface area contributed by atoms with E-state index in [0.29, 0.717) is 11.7 Å².